The van der Waals surface area contributed by atoms with Gasteiger partial charge in [-0.1, -0.05) is 32.0 Å². The minimum atomic E-state index is -3.96. The van der Waals surface area contributed by atoms with Gasteiger partial charge in [0.15, 0.2) is 5.65 Å². The molecule has 2 aromatic heterocycles. The zero-order chi connectivity index (χ0) is 18.2. The Balaban J connectivity index is 2.26. The van der Waals surface area contributed by atoms with Crippen molar-refractivity contribution in [1.82, 2.24) is 8.96 Å². The number of nitrogens with zero attached hydrogens (tertiary/aromatic N) is 2. The summed E-state index contributed by atoms with van der Waals surface area (Å²) in [5.74, 6) is -0.910. The van der Waals surface area contributed by atoms with Crippen molar-refractivity contribution >= 4 is 26.8 Å². The molecule has 0 radical (unpaired) electrons. The largest absolute Gasteiger partial charge is 0.299 e. The normalized spacial score (nSPS) is 12.0. The van der Waals surface area contributed by atoms with Gasteiger partial charge in [-0.15, -0.1) is 0 Å². The first-order valence-electron chi connectivity index (χ1n) is 7.80. The number of halogens is 1. The molecule has 0 saturated heterocycles. The predicted octanol–water partition coefficient (Wildman–Crippen LogP) is 3.18. The van der Waals surface area contributed by atoms with Crippen LogP contribution in [0.5, 0.6) is 0 Å². The van der Waals surface area contributed by atoms with Crippen LogP contribution in [-0.4, -0.2) is 23.2 Å². The Hall–Kier alpha value is -2.54. The third-order valence-corrected chi connectivity index (χ3v) is 5.67. The first kappa shape index (κ1) is 17.3. The van der Waals surface area contributed by atoms with E-state index in [9.17, 15) is 17.6 Å². The molecule has 2 heterocycles. The van der Waals surface area contributed by atoms with E-state index in [1.807, 2.05) is 0 Å². The number of rotatable bonds is 5. The Kier molecular flexibility index (Phi) is 4.43. The van der Waals surface area contributed by atoms with Crippen LogP contribution in [0.25, 0.3) is 11.0 Å². The highest BCUT2D eigenvalue weighted by atomic mass is 32.2. The topological polar surface area (TPSA) is 69.0 Å². The van der Waals surface area contributed by atoms with E-state index in [2.05, 4.69) is 4.98 Å². The lowest BCUT2D eigenvalue weighted by atomic mass is 10.0. The molecule has 3 rings (SSSR count). The van der Waals surface area contributed by atoms with E-state index in [0.717, 1.165) is 10.2 Å². The van der Waals surface area contributed by atoms with Gasteiger partial charge in [-0.2, -0.15) is 0 Å². The molecule has 0 saturated carbocycles. The third kappa shape index (κ3) is 3.19. The molecule has 0 aliphatic heterocycles. The number of benzene rings is 1. The summed E-state index contributed by atoms with van der Waals surface area (Å²) in [5, 5.41) is 0.339. The molecule has 0 aliphatic rings. The van der Waals surface area contributed by atoms with E-state index in [1.165, 1.54) is 24.3 Å². The van der Waals surface area contributed by atoms with Crippen LogP contribution in [0.1, 0.15) is 19.5 Å². The van der Waals surface area contributed by atoms with Crippen molar-refractivity contribution in [2.24, 2.45) is 5.92 Å². The summed E-state index contributed by atoms with van der Waals surface area (Å²) in [6, 6.07) is 10.6. The van der Waals surface area contributed by atoms with Gasteiger partial charge in [0.05, 0.1) is 11.1 Å². The molecule has 0 atom stereocenters. The lowest BCUT2D eigenvalue weighted by Crippen LogP contribution is -2.19. The van der Waals surface area contributed by atoms with Gasteiger partial charge in [0.25, 0.3) is 10.0 Å². The number of hydrogen-bond acceptors (Lipinski definition) is 4. The molecule has 0 fully saturated rings. The van der Waals surface area contributed by atoms with Crippen LogP contribution in [-0.2, 0) is 21.2 Å². The number of Topliss-reactive ketones (excluding diaryl/α,β-unsaturated/α-hetero) is 1. The van der Waals surface area contributed by atoms with Gasteiger partial charge in [-0.05, 0) is 24.3 Å². The summed E-state index contributed by atoms with van der Waals surface area (Å²) in [7, 11) is -3.96. The van der Waals surface area contributed by atoms with Crippen LogP contribution in [0.3, 0.4) is 0 Å². The van der Waals surface area contributed by atoms with E-state index in [0.29, 0.717) is 5.39 Å². The highest BCUT2D eigenvalue weighted by Gasteiger charge is 2.25. The predicted molar refractivity (Wildman–Crippen MR) is 92.3 cm³/mol. The van der Waals surface area contributed by atoms with Crippen molar-refractivity contribution in [3.8, 4) is 0 Å². The maximum Gasteiger partial charge on any atom is 0.269 e. The summed E-state index contributed by atoms with van der Waals surface area (Å²) in [6.07, 6.45) is 0.898. The van der Waals surface area contributed by atoms with Crippen molar-refractivity contribution < 1.29 is 17.6 Å². The smallest absolute Gasteiger partial charge is 0.269 e. The number of carbonyl (C=O) groups is 1. The van der Waals surface area contributed by atoms with Gasteiger partial charge in [-0.3, -0.25) is 4.79 Å². The molecule has 5 nitrogen and oxygen atoms in total. The number of aromatic nitrogens is 2. The first-order valence-corrected chi connectivity index (χ1v) is 9.24. The quantitative estimate of drug-likeness (QED) is 0.701. The highest BCUT2D eigenvalue weighted by molar-refractivity contribution is 7.90. The van der Waals surface area contributed by atoms with Crippen LogP contribution in [0.15, 0.2) is 53.6 Å². The van der Waals surface area contributed by atoms with Gasteiger partial charge in [0.1, 0.15) is 11.6 Å². The zero-order valence-corrected chi connectivity index (χ0v) is 14.6. The summed E-state index contributed by atoms with van der Waals surface area (Å²) in [6.45, 7) is 3.50. The van der Waals surface area contributed by atoms with Crippen LogP contribution in [0.2, 0.25) is 0 Å². The van der Waals surface area contributed by atoms with E-state index in [-0.39, 0.29) is 34.4 Å². The Bertz CT molecular complexity index is 1040. The Morgan fingerprint density at radius 2 is 1.88 bits per heavy atom. The molecule has 0 N–H and O–H groups in total. The van der Waals surface area contributed by atoms with E-state index in [1.54, 1.807) is 32.0 Å². The lowest BCUT2D eigenvalue weighted by molar-refractivity contribution is -0.121. The van der Waals surface area contributed by atoms with E-state index >= 15 is 0 Å². The molecular weight excluding hydrogens is 343 g/mol. The fourth-order valence-corrected chi connectivity index (χ4v) is 4.09. The average Bonchev–Trinajstić information content (AvgIpc) is 2.93. The Labute approximate surface area is 145 Å². The molecular formula is C18H17FN2O3S. The molecule has 1 aromatic carbocycles. The minimum absolute atomic E-state index is 0.0677. The molecule has 0 amide bonds. The van der Waals surface area contributed by atoms with Gasteiger partial charge in [-0.25, -0.2) is 21.8 Å². The Morgan fingerprint density at radius 1 is 1.20 bits per heavy atom. The van der Waals surface area contributed by atoms with Crippen molar-refractivity contribution in [1.29, 1.82) is 0 Å². The Morgan fingerprint density at radius 3 is 2.52 bits per heavy atom. The molecule has 7 heteroatoms. The van der Waals surface area contributed by atoms with Crippen LogP contribution >= 0.6 is 0 Å². The second kappa shape index (κ2) is 6.40. The summed E-state index contributed by atoms with van der Waals surface area (Å²) >= 11 is 0. The number of ketones is 1. The first-order chi connectivity index (χ1) is 11.8. The van der Waals surface area contributed by atoms with Crippen LogP contribution < -0.4 is 0 Å². The van der Waals surface area contributed by atoms with Gasteiger partial charge >= 0.3 is 0 Å². The van der Waals surface area contributed by atoms with Crippen LogP contribution in [0, 0.1) is 11.7 Å². The lowest BCUT2D eigenvalue weighted by Gasteiger charge is -2.12. The van der Waals surface area contributed by atoms with E-state index < -0.39 is 15.8 Å². The van der Waals surface area contributed by atoms with Crippen molar-refractivity contribution in [2.45, 2.75) is 25.2 Å². The monoisotopic (exact) mass is 360 g/mol. The fraction of sp³-hybridized carbons (Fsp3) is 0.222. The van der Waals surface area contributed by atoms with E-state index in [4.69, 9.17) is 0 Å². The van der Waals surface area contributed by atoms with Gasteiger partial charge in [0, 0.05) is 23.4 Å². The van der Waals surface area contributed by atoms with Crippen molar-refractivity contribution in [2.75, 3.05) is 0 Å². The average molecular weight is 360 g/mol. The second-order valence-corrected chi connectivity index (χ2v) is 7.87. The number of fused-ring (bicyclic) bond motifs is 1. The zero-order valence-electron chi connectivity index (χ0n) is 13.8. The maximum absolute atomic E-state index is 13.5. The molecule has 0 unspecified atom stereocenters. The number of carbonyl (C=O) groups excluding carboxylic acids is 1. The summed E-state index contributed by atoms with van der Waals surface area (Å²) in [4.78, 5) is 16.2. The number of hydrogen-bond donors (Lipinski definition) is 0. The number of pyridine rings is 1. The highest BCUT2D eigenvalue weighted by Crippen LogP contribution is 2.26. The van der Waals surface area contributed by atoms with Gasteiger partial charge in [0.2, 0.25) is 0 Å². The van der Waals surface area contributed by atoms with Gasteiger partial charge < -0.3 is 0 Å². The third-order valence-electron chi connectivity index (χ3n) is 3.92. The molecule has 0 aliphatic carbocycles. The molecule has 3 aromatic rings. The standard InChI is InChI=1S/C18H17FN2O3S/c1-12(2)17(22)10-15-9-13-8-14(19)11-20-18(13)21(15)25(23,24)16-6-4-3-5-7-16/h3-9,11-12H,10H2,1-2H3. The summed E-state index contributed by atoms with van der Waals surface area (Å²) < 4.78 is 40.7. The minimum Gasteiger partial charge on any atom is -0.299 e. The molecule has 25 heavy (non-hydrogen) atoms. The summed E-state index contributed by atoms with van der Waals surface area (Å²) in [5.41, 5.74) is 0.382. The van der Waals surface area contributed by atoms with Crippen molar-refractivity contribution in [3.05, 3.63) is 60.2 Å². The SMILES string of the molecule is CC(C)C(=O)Cc1cc2cc(F)cnc2n1S(=O)(=O)c1ccccc1. The maximum atomic E-state index is 13.5. The molecule has 130 valence electrons. The van der Waals surface area contributed by atoms with Crippen LogP contribution in [0.4, 0.5) is 4.39 Å². The molecule has 0 spiro atoms. The fourth-order valence-electron chi connectivity index (χ4n) is 2.57. The second-order valence-electron chi connectivity index (χ2n) is 6.08. The molecule has 0 bridgehead atoms. The van der Waals surface area contributed by atoms with Crippen molar-refractivity contribution in [3.63, 3.8) is 0 Å².